The molecule has 1 heterocycles. The van der Waals surface area contributed by atoms with Gasteiger partial charge in [0.25, 0.3) is 5.91 Å². The molecule has 0 saturated carbocycles. The number of hydrogen-bond donors (Lipinski definition) is 0. The number of anilines is 1. The van der Waals surface area contributed by atoms with Crippen molar-refractivity contribution < 1.29 is 13.2 Å². The Balaban J connectivity index is 1.60. The molecule has 3 aromatic carbocycles. The molecule has 1 aromatic heterocycles. The van der Waals surface area contributed by atoms with Gasteiger partial charge in [-0.1, -0.05) is 78.4 Å². The van der Waals surface area contributed by atoms with Crippen LogP contribution in [0.1, 0.15) is 36.7 Å². The third-order valence-electron chi connectivity index (χ3n) is 6.64. The number of rotatable bonds is 12. The standard InChI is InChI=1S/C29H33BrN4O3S2/c1-4-32(5-2)18-19-34(29-31-26-17-14-24(30)20-27(26)38-29)28(35)23-12-15-25(16-13-23)39(36,37)33(6-3)21-22-10-8-7-9-11-22/h7-17,20H,4-6,18-19,21H2,1-3H3. The fourth-order valence-corrected chi connectivity index (χ4v) is 7.27. The number of hydrogen-bond acceptors (Lipinski definition) is 6. The summed E-state index contributed by atoms with van der Waals surface area (Å²) in [6.07, 6.45) is 0. The molecule has 0 aliphatic heterocycles. The Kier molecular flexibility index (Phi) is 9.90. The molecule has 0 atom stereocenters. The summed E-state index contributed by atoms with van der Waals surface area (Å²) in [6.45, 7) is 9.59. The number of amides is 1. The maximum absolute atomic E-state index is 13.8. The van der Waals surface area contributed by atoms with Crippen LogP contribution in [0.3, 0.4) is 0 Å². The minimum absolute atomic E-state index is 0.163. The highest BCUT2D eigenvalue weighted by Crippen LogP contribution is 2.32. The van der Waals surface area contributed by atoms with E-state index in [-0.39, 0.29) is 17.3 Å². The van der Waals surface area contributed by atoms with Crippen LogP contribution < -0.4 is 4.90 Å². The molecule has 0 spiro atoms. The van der Waals surface area contributed by atoms with Crippen LogP contribution in [0.2, 0.25) is 0 Å². The highest BCUT2D eigenvalue weighted by atomic mass is 79.9. The van der Waals surface area contributed by atoms with Gasteiger partial charge in [0.1, 0.15) is 0 Å². The van der Waals surface area contributed by atoms with E-state index >= 15 is 0 Å². The van der Waals surface area contributed by atoms with Crippen LogP contribution in [0, 0.1) is 0 Å². The zero-order valence-electron chi connectivity index (χ0n) is 22.4. The second kappa shape index (κ2) is 13.1. The molecule has 0 bridgehead atoms. The van der Waals surface area contributed by atoms with E-state index < -0.39 is 10.0 Å². The average Bonchev–Trinajstić information content (AvgIpc) is 3.37. The number of likely N-dealkylation sites (N-methyl/N-ethyl adjacent to an activating group) is 1. The zero-order chi connectivity index (χ0) is 28.0. The number of thiazole rings is 1. The predicted octanol–water partition coefficient (Wildman–Crippen LogP) is 6.26. The molecule has 0 fully saturated rings. The smallest absolute Gasteiger partial charge is 0.260 e. The van der Waals surface area contributed by atoms with Gasteiger partial charge in [-0.15, -0.1) is 0 Å². The second-order valence-electron chi connectivity index (χ2n) is 9.03. The van der Waals surface area contributed by atoms with E-state index in [1.54, 1.807) is 17.0 Å². The summed E-state index contributed by atoms with van der Waals surface area (Å²) >= 11 is 4.98. The van der Waals surface area contributed by atoms with Crippen molar-refractivity contribution in [2.24, 2.45) is 0 Å². The lowest BCUT2D eigenvalue weighted by Crippen LogP contribution is -2.39. The van der Waals surface area contributed by atoms with Gasteiger partial charge in [-0.2, -0.15) is 4.31 Å². The average molecular weight is 630 g/mol. The molecule has 1 amide bonds. The monoisotopic (exact) mass is 628 g/mol. The summed E-state index contributed by atoms with van der Waals surface area (Å²) in [4.78, 5) is 22.6. The first kappa shape index (κ1) is 29.4. The first-order valence-corrected chi connectivity index (χ1v) is 16.1. The van der Waals surface area contributed by atoms with Crippen molar-refractivity contribution in [1.29, 1.82) is 0 Å². The molecular formula is C29H33BrN4O3S2. The Morgan fingerprint density at radius 1 is 0.897 bits per heavy atom. The van der Waals surface area contributed by atoms with Crippen molar-refractivity contribution in [3.63, 3.8) is 0 Å². The van der Waals surface area contributed by atoms with E-state index in [1.807, 2.05) is 55.5 Å². The van der Waals surface area contributed by atoms with Gasteiger partial charge in [-0.05, 0) is 61.1 Å². The van der Waals surface area contributed by atoms with Crippen LogP contribution in [-0.2, 0) is 16.6 Å². The highest BCUT2D eigenvalue weighted by molar-refractivity contribution is 9.10. The van der Waals surface area contributed by atoms with Crippen molar-refractivity contribution in [3.8, 4) is 0 Å². The van der Waals surface area contributed by atoms with Crippen LogP contribution in [0.15, 0.2) is 82.2 Å². The molecule has 4 rings (SSSR count). The normalized spacial score (nSPS) is 11.9. The fraction of sp³-hybridized carbons (Fsp3) is 0.310. The number of carbonyl (C=O) groups is 1. The summed E-state index contributed by atoms with van der Waals surface area (Å²) in [7, 11) is -3.73. The molecule has 0 unspecified atom stereocenters. The Morgan fingerprint density at radius 3 is 2.23 bits per heavy atom. The molecule has 0 aliphatic rings. The van der Waals surface area contributed by atoms with Gasteiger partial charge >= 0.3 is 0 Å². The molecule has 0 N–H and O–H groups in total. The van der Waals surface area contributed by atoms with Crippen LogP contribution in [0.5, 0.6) is 0 Å². The first-order valence-electron chi connectivity index (χ1n) is 13.0. The van der Waals surface area contributed by atoms with Gasteiger partial charge in [0.2, 0.25) is 10.0 Å². The lowest BCUT2D eigenvalue weighted by Gasteiger charge is -2.25. The fourth-order valence-electron chi connectivity index (χ4n) is 4.30. The van der Waals surface area contributed by atoms with Crippen molar-refractivity contribution >= 4 is 58.5 Å². The van der Waals surface area contributed by atoms with Crippen LogP contribution in [0.4, 0.5) is 5.13 Å². The van der Waals surface area contributed by atoms with E-state index in [0.717, 1.165) is 33.3 Å². The van der Waals surface area contributed by atoms with Gasteiger partial charge in [0.05, 0.1) is 15.1 Å². The summed E-state index contributed by atoms with van der Waals surface area (Å²) in [5, 5.41) is 0.622. The number of nitrogens with zero attached hydrogens (tertiary/aromatic N) is 4. The van der Waals surface area contributed by atoms with Crippen molar-refractivity contribution in [3.05, 3.63) is 88.4 Å². The van der Waals surface area contributed by atoms with E-state index in [1.165, 1.54) is 27.8 Å². The van der Waals surface area contributed by atoms with Crippen molar-refractivity contribution in [2.45, 2.75) is 32.2 Å². The first-order chi connectivity index (χ1) is 18.8. The molecule has 4 aromatic rings. The summed E-state index contributed by atoms with van der Waals surface area (Å²) in [6, 6.07) is 21.6. The Bertz CT molecular complexity index is 1500. The Hall–Kier alpha value is -2.63. The van der Waals surface area contributed by atoms with Crippen LogP contribution >= 0.6 is 27.3 Å². The van der Waals surface area contributed by atoms with Crippen molar-refractivity contribution in [2.75, 3.05) is 37.6 Å². The largest absolute Gasteiger partial charge is 0.302 e. The number of fused-ring (bicyclic) bond motifs is 1. The van der Waals surface area contributed by atoms with Gasteiger partial charge in [-0.3, -0.25) is 9.69 Å². The van der Waals surface area contributed by atoms with Crippen LogP contribution in [-0.4, -0.2) is 61.2 Å². The van der Waals surface area contributed by atoms with Crippen molar-refractivity contribution in [1.82, 2.24) is 14.2 Å². The van der Waals surface area contributed by atoms with Gasteiger partial charge in [-0.25, -0.2) is 13.4 Å². The SMILES string of the molecule is CCN(CC)CCN(C(=O)c1ccc(S(=O)(=O)N(CC)Cc2ccccc2)cc1)c1nc2ccc(Br)cc2s1. The van der Waals surface area contributed by atoms with E-state index in [9.17, 15) is 13.2 Å². The van der Waals surface area contributed by atoms with Gasteiger partial charge < -0.3 is 4.90 Å². The summed E-state index contributed by atoms with van der Waals surface area (Å²) in [5.74, 6) is -0.208. The Labute approximate surface area is 243 Å². The Morgan fingerprint density at radius 2 is 1.59 bits per heavy atom. The van der Waals surface area contributed by atoms with Crippen LogP contribution in [0.25, 0.3) is 10.2 Å². The topological polar surface area (TPSA) is 73.8 Å². The molecule has 0 saturated heterocycles. The minimum atomic E-state index is -3.73. The molecule has 39 heavy (non-hydrogen) atoms. The minimum Gasteiger partial charge on any atom is -0.302 e. The number of halogens is 1. The third-order valence-corrected chi connectivity index (χ3v) is 10.1. The lowest BCUT2D eigenvalue weighted by molar-refractivity contribution is 0.0983. The van der Waals surface area contributed by atoms with Gasteiger partial charge in [0.15, 0.2) is 5.13 Å². The zero-order valence-corrected chi connectivity index (χ0v) is 25.6. The molecular weight excluding hydrogens is 596 g/mol. The maximum atomic E-state index is 13.8. The van der Waals surface area contributed by atoms with E-state index in [4.69, 9.17) is 4.98 Å². The van der Waals surface area contributed by atoms with Gasteiger partial charge in [0, 0.05) is 36.2 Å². The quantitative estimate of drug-likeness (QED) is 0.185. The highest BCUT2D eigenvalue weighted by Gasteiger charge is 2.26. The molecule has 10 heteroatoms. The molecule has 206 valence electrons. The lowest BCUT2D eigenvalue weighted by atomic mass is 10.2. The molecule has 0 aliphatic carbocycles. The predicted molar refractivity (Wildman–Crippen MR) is 163 cm³/mol. The third kappa shape index (κ3) is 6.93. The summed E-state index contributed by atoms with van der Waals surface area (Å²) < 4.78 is 30.2. The van der Waals surface area contributed by atoms with E-state index in [0.29, 0.717) is 30.3 Å². The second-order valence-corrected chi connectivity index (χ2v) is 12.9. The number of carbonyl (C=O) groups excluding carboxylic acids is 1. The number of aromatic nitrogens is 1. The maximum Gasteiger partial charge on any atom is 0.260 e. The molecule has 0 radical (unpaired) electrons. The molecule has 7 nitrogen and oxygen atoms in total. The van der Waals surface area contributed by atoms with E-state index in [2.05, 4.69) is 34.7 Å². The number of benzene rings is 3. The summed E-state index contributed by atoms with van der Waals surface area (Å²) in [5.41, 5.74) is 2.17. The number of sulfonamides is 1.